The molecule has 0 radical (unpaired) electrons. The van der Waals surface area contributed by atoms with Crippen LogP contribution in [0.2, 0.25) is 0 Å². The summed E-state index contributed by atoms with van der Waals surface area (Å²) in [5.74, 6) is -0.410. The highest BCUT2D eigenvalue weighted by Gasteiger charge is 2.38. The molecule has 3 aliphatic rings. The van der Waals surface area contributed by atoms with Crippen LogP contribution in [-0.4, -0.2) is 76.1 Å². The van der Waals surface area contributed by atoms with E-state index in [0.29, 0.717) is 30.6 Å². The Balaban J connectivity index is 1.25. The summed E-state index contributed by atoms with van der Waals surface area (Å²) in [6.45, 7) is 8.06. The van der Waals surface area contributed by atoms with Crippen LogP contribution in [0.5, 0.6) is 0 Å². The van der Waals surface area contributed by atoms with Crippen LogP contribution >= 0.6 is 0 Å². The van der Waals surface area contributed by atoms with Crippen LogP contribution in [0.25, 0.3) is 0 Å². The predicted molar refractivity (Wildman–Crippen MR) is 196 cm³/mol. The molecule has 0 N–H and O–H groups in total. The van der Waals surface area contributed by atoms with E-state index in [0.717, 1.165) is 54.1 Å². The zero-order valence-corrected chi connectivity index (χ0v) is 30.0. The first-order valence-electron chi connectivity index (χ1n) is 18.4. The van der Waals surface area contributed by atoms with Crippen molar-refractivity contribution in [1.29, 1.82) is 0 Å². The highest BCUT2D eigenvalue weighted by atomic mass is 16.6. The van der Waals surface area contributed by atoms with Crippen LogP contribution in [0.1, 0.15) is 92.1 Å². The molecule has 7 rings (SSSR count). The third kappa shape index (κ3) is 7.17. The van der Waals surface area contributed by atoms with E-state index in [1.54, 1.807) is 11.8 Å². The number of fused-ring (bicyclic) bond motifs is 2. The Morgan fingerprint density at radius 1 is 0.804 bits per heavy atom. The third-order valence-corrected chi connectivity index (χ3v) is 10.9. The van der Waals surface area contributed by atoms with Crippen molar-refractivity contribution in [3.63, 3.8) is 0 Å². The lowest BCUT2D eigenvalue weighted by Crippen LogP contribution is -2.51. The van der Waals surface area contributed by atoms with Crippen LogP contribution in [-0.2, 0) is 42.5 Å². The fourth-order valence-electron chi connectivity index (χ4n) is 8.06. The first kappa shape index (κ1) is 34.6. The Kier molecular flexibility index (Phi) is 10.3. The molecule has 9 nitrogen and oxygen atoms in total. The molecule has 266 valence electrons. The summed E-state index contributed by atoms with van der Waals surface area (Å²) in [5.41, 5.74) is 7.88. The van der Waals surface area contributed by atoms with Gasteiger partial charge in [0.2, 0.25) is 0 Å². The van der Waals surface area contributed by atoms with Crippen molar-refractivity contribution in [1.82, 2.24) is 19.3 Å². The average molecular weight is 689 g/mol. The number of hydrogen-bond donors (Lipinski definition) is 0. The van der Waals surface area contributed by atoms with Gasteiger partial charge in [-0.2, -0.15) is 0 Å². The summed E-state index contributed by atoms with van der Waals surface area (Å²) in [4.78, 5) is 48.0. The van der Waals surface area contributed by atoms with Gasteiger partial charge in [-0.25, -0.2) is 9.59 Å². The number of piperidine rings is 1. The maximum absolute atomic E-state index is 14.7. The topological polar surface area (TPSA) is 84.3 Å². The van der Waals surface area contributed by atoms with Crippen molar-refractivity contribution in [3.8, 4) is 0 Å². The quantitative estimate of drug-likeness (QED) is 0.189. The fraction of sp³-hybridized carbons (Fsp3) is 0.405. The molecule has 1 aromatic heterocycles. The number of carbonyl (C=O) groups is 3. The summed E-state index contributed by atoms with van der Waals surface area (Å²) in [6, 6.07) is 25.4. The van der Waals surface area contributed by atoms with Crippen molar-refractivity contribution in [2.45, 2.75) is 71.2 Å². The summed E-state index contributed by atoms with van der Waals surface area (Å²) >= 11 is 0. The van der Waals surface area contributed by atoms with Crippen molar-refractivity contribution in [3.05, 3.63) is 129 Å². The highest BCUT2D eigenvalue weighted by Crippen LogP contribution is 2.39. The number of amides is 2. The highest BCUT2D eigenvalue weighted by molar-refractivity contribution is 5.95. The van der Waals surface area contributed by atoms with Crippen LogP contribution in [0.4, 0.5) is 4.79 Å². The smallest absolute Gasteiger partial charge is 0.410 e. The largest absolute Gasteiger partial charge is 0.462 e. The second kappa shape index (κ2) is 15.2. The van der Waals surface area contributed by atoms with Gasteiger partial charge in [-0.3, -0.25) is 9.69 Å². The standard InChI is InChI=1S/C42H48N4O5/c1-4-50-41(48)36-25-38(43(3)29(36)2)39-37-24-33(18-17-31(37)19-22-45(39)42(49)51-28-30-13-7-5-8-14-30)40(47)46-26-34-16-10-9-15-32(34)23-35(46)27-44-20-11-6-12-21-44/h5,7-10,13-18,24-25,35,39H,4,6,11-12,19-23,26-28H2,1-3H3/t35-,39?/m0/s1. The van der Waals surface area contributed by atoms with Crippen LogP contribution in [0.3, 0.4) is 0 Å². The van der Waals surface area contributed by atoms with Gasteiger partial charge in [-0.1, -0.05) is 67.1 Å². The maximum atomic E-state index is 14.7. The molecule has 0 bridgehead atoms. The molecule has 2 atom stereocenters. The molecule has 3 aromatic carbocycles. The van der Waals surface area contributed by atoms with Gasteiger partial charge in [0.25, 0.3) is 5.91 Å². The van der Waals surface area contributed by atoms with Gasteiger partial charge in [-0.15, -0.1) is 0 Å². The molecule has 0 spiro atoms. The first-order valence-corrected chi connectivity index (χ1v) is 18.4. The minimum Gasteiger partial charge on any atom is -0.462 e. The summed E-state index contributed by atoms with van der Waals surface area (Å²) in [7, 11) is 1.90. The molecule has 9 heteroatoms. The molecule has 0 saturated carbocycles. The summed E-state index contributed by atoms with van der Waals surface area (Å²) < 4.78 is 13.2. The molecule has 4 aromatic rings. The molecule has 3 aliphatic heterocycles. The third-order valence-electron chi connectivity index (χ3n) is 10.9. The van der Waals surface area contributed by atoms with Gasteiger partial charge in [-0.05, 0) is 98.6 Å². The van der Waals surface area contributed by atoms with Crippen molar-refractivity contribution in [2.24, 2.45) is 7.05 Å². The number of ether oxygens (including phenoxy) is 2. The number of hydrogen-bond acceptors (Lipinski definition) is 6. The van der Waals surface area contributed by atoms with Gasteiger partial charge < -0.3 is 23.8 Å². The lowest BCUT2D eigenvalue weighted by molar-refractivity contribution is 0.0524. The van der Waals surface area contributed by atoms with E-state index >= 15 is 0 Å². The molecule has 1 saturated heterocycles. The minimum absolute atomic E-state index is 0.00730. The van der Waals surface area contributed by atoms with E-state index in [9.17, 15) is 14.4 Å². The lowest BCUT2D eigenvalue weighted by atomic mass is 9.88. The molecule has 1 fully saturated rings. The first-order chi connectivity index (χ1) is 24.8. The van der Waals surface area contributed by atoms with Gasteiger partial charge >= 0.3 is 12.1 Å². The van der Waals surface area contributed by atoms with Crippen molar-refractivity contribution >= 4 is 18.0 Å². The maximum Gasteiger partial charge on any atom is 0.410 e. The SMILES string of the molecule is CCOC(=O)c1cc(C2c3cc(C(=O)N4Cc5ccccc5C[C@H]4CN4CCCCC4)ccc3CCN2C(=O)OCc2ccccc2)n(C)c1C. The number of carbonyl (C=O) groups excluding carboxylic acids is 3. The Bertz CT molecular complexity index is 1900. The monoisotopic (exact) mass is 688 g/mol. The molecule has 0 aliphatic carbocycles. The second-order valence-electron chi connectivity index (χ2n) is 14.1. The molecule has 4 heterocycles. The fourth-order valence-corrected chi connectivity index (χ4v) is 8.06. The van der Waals surface area contributed by atoms with Crippen LogP contribution in [0.15, 0.2) is 78.9 Å². The van der Waals surface area contributed by atoms with Gasteiger partial charge in [0, 0.05) is 49.7 Å². The number of likely N-dealkylation sites (tertiary alicyclic amines) is 1. The van der Waals surface area contributed by atoms with E-state index < -0.39 is 18.1 Å². The van der Waals surface area contributed by atoms with Gasteiger partial charge in [0.1, 0.15) is 12.6 Å². The van der Waals surface area contributed by atoms with Gasteiger partial charge in [0.05, 0.1) is 12.2 Å². The van der Waals surface area contributed by atoms with Gasteiger partial charge in [0.15, 0.2) is 0 Å². The molecule has 51 heavy (non-hydrogen) atoms. The molecule has 1 unspecified atom stereocenters. The van der Waals surface area contributed by atoms with E-state index in [1.165, 1.54) is 30.4 Å². The average Bonchev–Trinajstić information content (AvgIpc) is 3.46. The van der Waals surface area contributed by atoms with E-state index in [1.807, 2.05) is 79.2 Å². The van der Waals surface area contributed by atoms with E-state index in [2.05, 4.69) is 28.0 Å². The zero-order valence-electron chi connectivity index (χ0n) is 30.0. The number of esters is 1. The number of rotatable bonds is 8. The molecule has 2 amide bonds. The molecular formula is C42H48N4O5. The Labute approximate surface area is 300 Å². The number of nitrogens with zero attached hydrogens (tertiary/aromatic N) is 4. The predicted octanol–water partition coefficient (Wildman–Crippen LogP) is 6.85. The Morgan fingerprint density at radius 3 is 2.31 bits per heavy atom. The Morgan fingerprint density at radius 2 is 1.55 bits per heavy atom. The summed E-state index contributed by atoms with van der Waals surface area (Å²) in [6.07, 6.45) is 4.66. The van der Waals surface area contributed by atoms with Crippen molar-refractivity contribution < 1.29 is 23.9 Å². The number of benzene rings is 3. The van der Waals surface area contributed by atoms with Crippen molar-refractivity contribution in [2.75, 3.05) is 32.8 Å². The van der Waals surface area contributed by atoms with E-state index in [4.69, 9.17) is 9.47 Å². The lowest BCUT2D eigenvalue weighted by Gasteiger charge is -2.41. The Hall–Kier alpha value is -4.89. The minimum atomic E-state index is -0.581. The normalized spacial score (nSPS) is 18.9. The van der Waals surface area contributed by atoms with Crippen LogP contribution < -0.4 is 0 Å². The van der Waals surface area contributed by atoms with Crippen LogP contribution in [0, 0.1) is 6.92 Å². The number of aromatic nitrogens is 1. The molecular weight excluding hydrogens is 640 g/mol. The summed E-state index contributed by atoms with van der Waals surface area (Å²) in [5, 5.41) is 0. The zero-order chi connectivity index (χ0) is 35.5. The second-order valence-corrected chi connectivity index (χ2v) is 14.1. The van der Waals surface area contributed by atoms with E-state index in [-0.39, 0.29) is 25.2 Å².